The first-order chi connectivity index (χ1) is 22.5. The standard InChI is InChI=1S/C36H38N6O5/c1-22(23-12-8-7-9-13-23)38-33-37-19-18-31(42-33)47-30-17-16-27(25-14-10-11-15-26(25)30)39-34(43)40-28-20-24(36(2,3)4)21-29(32(28)45-5)41-35(44)46-6/h7-22H,1-6H3,(H,41,44)(H,37,38,42)(H2,39,40,43)/t22-/m0/s1. The second kappa shape index (κ2) is 14.1. The molecule has 5 aromatic rings. The summed E-state index contributed by atoms with van der Waals surface area (Å²) in [7, 11) is 2.74. The number of nitrogens with zero attached hydrogens (tertiary/aromatic N) is 2. The van der Waals surface area contributed by atoms with E-state index in [9.17, 15) is 9.59 Å². The van der Waals surface area contributed by atoms with Crippen LogP contribution in [0.1, 0.15) is 44.9 Å². The zero-order valence-electron chi connectivity index (χ0n) is 27.2. The molecule has 1 heterocycles. The maximum atomic E-state index is 13.4. The summed E-state index contributed by atoms with van der Waals surface area (Å²) in [6.45, 7) is 8.12. The summed E-state index contributed by atoms with van der Waals surface area (Å²) in [5, 5.41) is 13.3. The van der Waals surface area contributed by atoms with Crippen LogP contribution in [0.3, 0.4) is 0 Å². The van der Waals surface area contributed by atoms with Gasteiger partial charge >= 0.3 is 12.1 Å². The molecule has 0 aliphatic carbocycles. The zero-order valence-corrected chi connectivity index (χ0v) is 27.2. The van der Waals surface area contributed by atoms with Crippen molar-refractivity contribution in [3.63, 3.8) is 0 Å². The van der Waals surface area contributed by atoms with Gasteiger partial charge in [-0.3, -0.25) is 5.32 Å². The molecule has 0 radical (unpaired) electrons. The molecule has 0 aliphatic heterocycles. The number of carbonyl (C=O) groups is 2. The minimum Gasteiger partial charge on any atom is -0.492 e. The highest BCUT2D eigenvalue weighted by Crippen LogP contribution is 2.39. The Morgan fingerprint density at radius 1 is 0.787 bits per heavy atom. The number of urea groups is 1. The molecule has 0 unspecified atom stereocenters. The monoisotopic (exact) mass is 634 g/mol. The number of amides is 3. The highest BCUT2D eigenvalue weighted by Gasteiger charge is 2.22. The van der Waals surface area contributed by atoms with Gasteiger partial charge in [-0.25, -0.2) is 14.6 Å². The number of methoxy groups -OCH3 is 2. The summed E-state index contributed by atoms with van der Waals surface area (Å²) in [6.07, 6.45) is 0.981. The number of nitrogens with one attached hydrogen (secondary N) is 4. The van der Waals surface area contributed by atoms with Crippen LogP contribution >= 0.6 is 0 Å². The molecule has 0 spiro atoms. The van der Waals surface area contributed by atoms with Crippen molar-refractivity contribution >= 4 is 45.9 Å². The Bertz CT molecular complexity index is 1890. The number of rotatable bonds is 9. The van der Waals surface area contributed by atoms with Crippen molar-refractivity contribution in [1.82, 2.24) is 9.97 Å². The van der Waals surface area contributed by atoms with E-state index in [1.165, 1.54) is 14.2 Å². The van der Waals surface area contributed by atoms with Crippen molar-refractivity contribution in [1.29, 1.82) is 0 Å². The third-order valence-electron chi connectivity index (χ3n) is 7.45. The molecule has 11 nitrogen and oxygen atoms in total. The van der Waals surface area contributed by atoms with Crippen molar-refractivity contribution in [2.45, 2.75) is 39.2 Å². The predicted octanol–water partition coefficient (Wildman–Crippen LogP) is 8.72. The fourth-order valence-corrected chi connectivity index (χ4v) is 4.97. The van der Waals surface area contributed by atoms with E-state index in [0.717, 1.165) is 21.9 Å². The largest absolute Gasteiger partial charge is 0.492 e. The van der Waals surface area contributed by atoms with Gasteiger partial charge in [-0.2, -0.15) is 4.98 Å². The lowest BCUT2D eigenvalue weighted by Crippen LogP contribution is -2.22. The predicted molar refractivity (Wildman–Crippen MR) is 185 cm³/mol. The Morgan fingerprint density at radius 2 is 1.45 bits per heavy atom. The van der Waals surface area contributed by atoms with Crippen LogP contribution in [0.15, 0.2) is 91.1 Å². The molecule has 0 saturated carbocycles. The lowest BCUT2D eigenvalue weighted by atomic mass is 9.86. The number of hydrogen-bond acceptors (Lipinski definition) is 8. The fraction of sp³-hybridized carbons (Fsp3) is 0.222. The first-order valence-corrected chi connectivity index (χ1v) is 15.1. The topological polar surface area (TPSA) is 136 Å². The van der Waals surface area contributed by atoms with Crippen LogP contribution in [0.2, 0.25) is 0 Å². The summed E-state index contributed by atoms with van der Waals surface area (Å²) in [5.41, 5.74) is 2.99. The lowest BCUT2D eigenvalue weighted by Gasteiger charge is -2.24. The van der Waals surface area contributed by atoms with E-state index in [2.05, 4.69) is 31.2 Å². The Hall–Kier alpha value is -5.84. The van der Waals surface area contributed by atoms with Gasteiger partial charge in [-0.05, 0) is 47.7 Å². The Balaban J connectivity index is 1.37. The smallest absolute Gasteiger partial charge is 0.411 e. The number of anilines is 4. The first-order valence-electron chi connectivity index (χ1n) is 15.1. The molecule has 0 aliphatic rings. The third kappa shape index (κ3) is 7.88. The van der Waals surface area contributed by atoms with E-state index < -0.39 is 12.1 Å². The van der Waals surface area contributed by atoms with Gasteiger partial charge in [-0.15, -0.1) is 0 Å². The molecule has 0 saturated heterocycles. The highest BCUT2D eigenvalue weighted by atomic mass is 16.5. The molecule has 1 atom stereocenters. The number of hydrogen-bond donors (Lipinski definition) is 4. The number of ether oxygens (including phenoxy) is 3. The molecule has 0 fully saturated rings. The molecule has 5 rings (SSSR count). The van der Waals surface area contributed by atoms with Gasteiger partial charge in [0.2, 0.25) is 11.8 Å². The van der Waals surface area contributed by atoms with E-state index in [4.69, 9.17) is 14.2 Å². The second-order valence-electron chi connectivity index (χ2n) is 11.8. The minimum absolute atomic E-state index is 0.00427. The van der Waals surface area contributed by atoms with Crippen LogP contribution in [0.25, 0.3) is 10.8 Å². The molecule has 242 valence electrons. The summed E-state index contributed by atoms with van der Waals surface area (Å²) >= 11 is 0. The SMILES string of the molecule is COC(=O)Nc1cc(C(C)(C)C)cc(NC(=O)Nc2ccc(Oc3ccnc(N[C@@H](C)c4ccccc4)n3)c3ccccc23)c1OC. The Labute approximate surface area is 273 Å². The number of aromatic nitrogens is 2. The molecule has 4 aromatic carbocycles. The van der Waals surface area contributed by atoms with E-state index in [-0.39, 0.29) is 17.2 Å². The van der Waals surface area contributed by atoms with Gasteiger partial charge in [0, 0.05) is 23.0 Å². The molecule has 47 heavy (non-hydrogen) atoms. The Morgan fingerprint density at radius 3 is 2.13 bits per heavy atom. The van der Waals surface area contributed by atoms with Crippen molar-refractivity contribution in [2.24, 2.45) is 0 Å². The van der Waals surface area contributed by atoms with Gasteiger partial charge < -0.3 is 30.2 Å². The van der Waals surface area contributed by atoms with Crippen molar-refractivity contribution < 1.29 is 23.8 Å². The maximum absolute atomic E-state index is 13.4. The molecule has 11 heteroatoms. The van der Waals surface area contributed by atoms with E-state index >= 15 is 0 Å². The van der Waals surface area contributed by atoms with Crippen LogP contribution in [0.4, 0.5) is 32.6 Å². The van der Waals surface area contributed by atoms with Crippen molar-refractivity contribution in [3.8, 4) is 17.4 Å². The molecular weight excluding hydrogens is 596 g/mol. The van der Waals surface area contributed by atoms with Crippen LogP contribution < -0.4 is 30.7 Å². The molecule has 3 amide bonds. The second-order valence-corrected chi connectivity index (χ2v) is 11.8. The molecule has 1 aromatic heterocycles. The summed E-state index contributed by atoms with van der Waals surface area (Å²) in [6, 6.07) is 26.0. The Kier molecular flexibility index (Phi) is 9.74. The fourth-order valence-electron chi connectivity index (χ4n) is 4.97. The number of carbonyl (C=O) groups excluding carboxylic acids is 2. The maximum Gasteiger partial charge on any atom is 0.411 e. The van der Waals surface area contributed by atoms with Crippen molar-refractivity contribution in [2.75, 3.05) is 35.5 Å². The van der Waals surface area contributed by atoms with E-state index in [1.54, 1.807) is 30.5 Å². The van der Waals surface area contributed by atoms with E-state index in [0.29, 0.717) is 34.6 Å². The summed E-state index contributed by atoms with van der Waals surface area (Å²) in [4.78, 5) is 34.4. The first kappa shape index (κ1) is 32.6. The van der Waals surface area contributed by atoms with Crippen LogP contribution in [-0.4, -0.2) is 36.3 Å². The molecule has 4 N–H and O–H groups in total. The van der Waals surface area contributed by atoms with Gasteiger partial charge in [0.15, 0.2) is 5.75 Å². The van der Waals surface area contributed by atoms with Gasteiger partial charge in [0.1, 0.15) is 5.75 Å². The summed E-state index contributed by atoms with van der Waals surface area (Å²) in [5.74, 6) is 1.65. The van der Waals surface area contributed by atoms with Crippen LogP contribution in [0, 0.1) is 0 Å². The number of benzene rings is 4. The highest BCUT2D eigenvalue weighted by molar-refractivity contribution is 6.08. The van der Waals surface area contributed by atoms with Crippen LogP contribution in [-0.2, 0) is 10.2 Å². The lowest BCUT2D eigenvalue weighted by molar-refractivity contribution is 0.187. The average Bonchev–Trinajstić information content (AvgIpc) is 3.06. The summed E-state index contributed by atoms with van der Waals surface area (Å²) < 4.78 is 16.6. The van der Waals surface area contributed by atoms with Gasteiger partial charge in [0.05, 0.1) is 37.3 Å². The molecular formula is C36H38N6O5. The average molecular weight is 635 g/mol. The quantitative estimate of drug-likeness (QED) is 0.126. The number of fused-ring (bicyclic) bond motifs is 1. The minimum atomic E-state index is -0.658. The third-order valence-corrected chi connectivity index (χ3v) is 7.45. The van der Waals surface area contributed by atoms with Crippen LogP contribution in [0.5, 0.6) is 17.4 Å². The zero-order chi connectivity index (χ0) is 33.6. The normalized spacial score (nSPS) is 11.7. The molecule has 0 bridgehead atoms. The van der Waals surface area contributed by atoms with Gasteiger partial charge in [-0.1, -0.05) is 75.4 Å². The van der Waals surface area contributed by atoms with Crippen molar-refractivity contribution in [3.05, 3.63) is 102 Å². The van der Waals surface area contributed by atoms with E-state index in [1.807, 2.05) is 88.4 Å². The van der Waals surface area contributed by atoms with Gasteiger partial charge in [0.25, 0.3) is 0 Å².